The number of amides is 2. The molecule has 0 saturated carbocycles. The zero-order valence-corrected chi connectivity index (χ0v) is 26.8. The van der Waals surface area contributed by atoms with Crippen LogP contribution in [0.4, 0.5) is 5.13 Å². The van der Waals surface area contributed by atoms with Crippen LogP contribution in [0.2, 0.25) is 0 Å². The molecule has 4 aromatic carbocycles. The van der Waals surface area contributed by atoms with Crippen LogP contribution in [0, 0.1) is 0 Å². The summed E-state index contributed by atoms with van der Waals surface area (Å²) in [7, 11) is 0. The lowest BCUT2D eigenvalue weighted by Crippen LogP contribution is -2.43. The zero-order valence-electron chi connectivity index (χ0n) is 26.0. The number of carbonyl (C=O) groups excluding carboxylic acids is 2. The lowest BCUT2D eigenvalue weighted by molar-refractivity contribution is 0.0939. The Labute approximate surface area is 275 Å². The van der Waals surface area contributed by atoms with E-state index in [-0.39, 0.29) is 11.8 Å². The van der Waals surface area contributed by atoms with Crippen molar-refractivity contribution in [1.29, 1.82) is 0 Å². The first kappa shape index (κ1) is 31.4. The van der Waals surface area contributed by atoms with Crippen molar-refractivity contribution in [1.82, 2.24) is 15.2 Å². The molecule has 0 radical (unpaired) electrons. The predicted octanol–water partition coefficient (Wildman–Crippen LogP) is 7.77. The fourth-order valence-corrected chi connectivity index (χ4v) is 7.28. The third-order valence-electron chi connectivity index (χ3n) is 9.13. The minimum Gasteiger partial charge on any atom is -0.349 e. The average molecular weight is 629 g/mol. The summed E-state index contributed by atoms with van der Waals surface area (Å²) in [5.74, 6) is 0.132. The molecular formula is C39H40N4O2S. The third-order valence-corrected chi connectivity index (χ3v) is 9.89. The Morgan fingerprint density at radius 2 is 1.33 bits per heavy atom. The number of nitrogens with zero attached hydrogens (tertiary/aromatic N) is 2. The lowest BCUT2D eigenvalue weighted by atomic mass is 9.71. The van der Waals surface area contributed by atoms with E-state index in [0.717, 1.165) is 32.5 Å². The average Bonchev–Trinajstić information content (AvgIpc) is 3.60. The summed E-state index contributed by atoms with van der Waals surface area (Å²) in [6.07, 6.45) is 4.26. The van der Waals surface area contributed by atoms with Crippen LogP contribution < -0.4 is 10.6 Å². The molecule has 234 valence electrons. The first-order valence-corrected chi connectivity index (χ1v) is 17.0. The molecular weight excluding hydrogens is 589 g/mol. The van der Waals surface area contributed by atoms with Crippen LogP contribution in [0.5, 0.6) is 0 Å². The van der Waals surface area contributed by atoms with Crippen molar-refractivity contribution in [2.24, 2.45) is 0 Å². The first-order chi connectivity index (χ1) is 22.6. The molecule has 1 aromatic heterocycles. The van der Waals surface area contributed by atoms with E-state index in [1.165, 1.54) is 40.9 Å². The van der Waals surface area contributed by atoms with Gasteiger partial charge in [-0.1, -0.05) is 109 Å². The molecule has 7 heteroatoms. The molecule has 2 heterocycles. The second kappa shape index (κ2) is 15.1. The zero-order chi connectivity index (χ0) is 31.6. The molecule has 1 aliphatic heterocycles. The maximum absolute atomic E-state index is 13.5. The third kappa shape index (κ3) is 7.61. The molecule has 2 amide bonds. The van der Waals surface area contributed by atoms with Crippen LogP contribution in [0.1, 0.15) is 69.1 Å². The standard InChI is InChI=1S/C39H40N4O2S/c44-36(32-16-7-2-8-17-32)42-38-41-35(28-46-38)37(45)40-29-39(33-18-9-3-10-19-33,34-20-11-4-12-21-34)24-13-25-43-26-22-31(23-27-43)30-14-5-1-6-15-30/h1-12,14-21,28,31H,13,22-27,29H2,(H,40,45)(H,41,42,44). The van der Waals surface area contributed by atoms with Gasteiger partial charge in [0.15, 0.2) is 5.13 Å². The summed E-state index contributed by atoms with van der Waals surface area (Å²) in [4.78, 5) is 33.2. The Morgan fingerprint density at radius 3 is 1.93 bits per heavy atom. The van der Waals surface area contributed by atoms with Crippen molar-refractivity contribution in [3.63, 3.8) is 0 Å². The number of hydrogen-bond acceptors (Lipinski definition) is 5. The monoisotopic (exact) mass is 628 g/mol. The Hall–Kier alpha value is -4.59. The second-order valence-corrected chi connectivity index (χ2v) is 12.8. The van der Waals surface area contributed by atoms with Gasteiger partial charge in [-0.15, -0.1) is 11.3 Å². The quantitative estimate of drug-likeness (QED) is 0.148. The summed E-state index contributed by atoms with van der Waals surface area (Å²) in [6, 6.07) is 40.9. The molecule has 0 unspecified atom stereocenters. The molecule has 0 bridgehead atoms. The van der Waals surface area contributed by atoms with Crippen molar-refractivity contribution in [3.05, 3.63) is 155 Å². The van der Waals surface area contributed by atoms with Gasteiger partial charge in [0.1, 0.15) is 5.69 Å². The van der Waals surface area contributed by atoms with Gasteiger partial charge in [0.2, 0.25) is 0 Å². The summed E-state index contributed by atoms with van der Waals surface area (Å²) in [5, 5.41) is 8.13. The molecule has 0 spiro atoms. The topological polar surface area (TPSA) is 74.3 Å². The highest BCUT2D eigenvalue weighted by Gasteiger charge is 2.35. The number of rotatable bonds is 12. The van der Waals surface area contributed by atoms with Gasteiger partial charge in [0.05, 0.1) is 0 Å². The molecule has 0 atom stereocenters. The Kier molecular flexibility index (Phi) is 10.3. The number of anilines is 1. The number of benzene rings is 4. The normalized spacial score (nSPS) is 14.1. The fraction of sp³-hybridized carbons (Fsp3) is 0.256. The lowest BCUT2D eigenvalue weighted by Gasteiger charge is -2.37. The van der Waals surface area contributed by atoms with E-state index in [4.69, 9.17) is 0 Å². The van der Waals surface area contributed by atoms with Crippen molar-refractivity contribution < 1.29 is 9.59 Å². The van der Waals surface area contributed by atoms with Crippen molar-refractivity contribution in [3.8, 4) is 0 Å². The van der Waals surface area contributed by atoms with Crippen molar-refractivity contribution >= 4 is 28.3 Å². The van der Waals surface area contributed by atoms with E-state index in [9.17, 15) is 9.59 Å². The number of aromatic nitrogens is 1. The number of thiazole rings is 1. The Morgan fingerprint density at radius 1 is 0.761 bits per heavy atom. The largest absolute Gasteiger partial charge is 0.349 e. The van der Waals surface area contributed by atoms with Gasteiger partial charge in [-0.05, 0) is 80.1 Å². The SMILES string of the molecule is O=C(Nc1nc(C(=O)NCC(CCCN2CCC(c3ccccc3)CC2)(c2ccccc2)c2ccccc2)cs1)c1ccccc1. The van der Waals surface area contributed by atoms with Crippen LogP contribution in [-0.4, -0.2) is 47.9 Å². The van der Waals surface area contributed by atoms with E-state index in [1.54, 1.807) is 17.5 Å². The van der Waals surface area contributed by atoms with Crippen LogP contribution in [0.3, 0.4) is 0 Å². The summed E-state index contributed by atoms with van der Waals surface area (Å²) >= 11 is 1.25. The van der Waals surface area contributed by atoms with Gasteiger partial charge in [-0.25, -0.2) is 4.98 Å². The van der Waals surface area contributed by atoms with E-state index < -0.39 is 5.41 Å². The maximum Gasteiger partial charge on any atom is 0.270 e. The number of carbonyl (C=O) groups is 2. The molecule has 6 nitrogen and oxygen atoms in total. The van der Waals surface area contributed by atoms with Crippen molar-refractivity contribution in [2.45, 2.75) is 37.0 Å². The van der Waals surface area contributed by atoms with Gasteiger partial charge in [0.25, 0.3) is 11.8 Å². The summed E-state index contributed by atoms with van der Waals surface area (Å²) in [5.41, 5.74) is 4.23. The molecule has 46 heavy (non-hydrogen) atoms. The number of hydrogen-bond donors (Lipinski definition) is 2. The van der Waals surface area contributed by atoms with Gasteiger partial charge in [-0.3, -0.25) is 14.9 Å². The van der Waals surface area contributed by atoms with Gasteiger partial charge < -0.3 is 10.2 Å². The molecule has 0 aliphatic carbocycles. The number of likely N-dealkylation sites (tertiary alicyclic amines) is 1. The van der Waals surface area contributed by atoms with E-state index >= 15 is 0 Å². The van der Waals surface area contributed by atoms with Crippen molar-refractivity contribution in [2.75, 3.05) is 31.5 Å². The Bertz CT molecular complexity index is 1650. The highest BCUT2D eigenvalue weighted by Crippen LogP contribution is 2.37. The molecule has 1 saturated heterocycles. The first-order valence-electron chi connectivity index (χ1n) is 16.1. The number of piperidine rings is 1. The maximum atomic E-state index is 13.5. The second-order valence-electron chi connectivity index (χ2n) is 12.0. The smallest absolute Gasteiger partial charge is 0.270 e. The number of nitrogens with one attached hydrogen (secondary N) is 2. The van der Waals surface area contributed by atoms with Gasteiger partial charge in [-0.2, -0.15) is 0 Å². The van der Waals surface area contributed by atoms with Crippen LogP contribution in [-0.2, 0) is 5.41 Å². The van der Waals surface area contributed by atoms with E-state index in [1.807, 2.05) is 30.3 Å². The van der Waals surface area contributed by atoms with Crippen LogP contribution in [0.15, 0.2) is 127 Å². The van der Waals surface area contributed by atoms with E-state index in [2.05, 4.69) is 99.4 Å². The van der Waals surface area contributed by atoms with Crippen LogP contribution >= 0.6 is 11.3 Å². The molecule has 2 N–H and O–H groups in total. The highest BCUT2D eigenvalue weighted by atomic mass is 32.1. The molecule has 1 aliphatic rings. The Balaban J connectivity index is 1.14. The summed E-state index contributed by atoms with van der Waals surface area (Å²) in [6.45, 7) is 3.66. The fourth-order valence-electron chi connectivity index (χ4n) is 6.60. The molecule has 5 aromatic rings. The highest BCUT2D eigenvalue weighted by molar-refractivity contribution is 7.14. The minimum absolute atomic E-state index is 0.252. The summed E-state index contributed by atoms with van der Waals surface area (Å²) < 4.78 is 0. The van der Waals surface area contributed by atoms with E-state index in [0.29, 0.717) is 28.9 Å². The minimum atomic E-state index is -0.416. The van der Waals surface area contributed by atoms with Gasteiger partial charge >= 0.3 is 0 Å². The molecule has 1 fully saturated rings. The predicted molar refractivity (Wildman–Crippen MR) is 187 cm³/mol. The van der Waals surface area contributed by atoms with Crippen LogP contribution in [0.25, 0.3) is 0 Å². The molecule has 6 rings (SSSR count). The van der Waals surface area contributed by atoms with Gasteiger partial charge in [0, 0.05) is 22.9 Å².